The van der Waals surface area contributed by atoms with Crippen LogP contribution in [-0.2, 0) is 4.79 Å². The van der Waals surface area contributed by atoms with Crippen LogP contribution in [0.15, 0.2) is 0 Å². The lowest BCUT2D eigenvalue weighted by Crippen LogP contribution is -2.55. The summed E-state index contributed by atoms with van der Waals surface area (Å²) in [5.74, 6) is 0.770. The van der Waals surface area contributed by atoms with Gasteiger partial charge in [0.25, 0.3) is 5.91 Å². The van der Waals surface area contributed by atoms with E-state index in [1.807, 2.05) is 18.7 Å². The van der Waals surface area contributed by atoms with Gasteiger partial charge in [0, 0.05) is 25.6 Å². The highest BCUT2D eigenvalue weighted by Gasteiger charge is 2.36. The second-order valence-corrected chi connectivity index (χ2v) is 6.91. The van der Waals surface area contributed by atoms with Crippen LogP contribution in [0.25, 0.3) is 0 Å². The fraction of sp³-hybridized carbons (Fsp3) is 0.714. The minimum absolute atomic E-state index is 0.0454. The molecule has 2 aliphatic heterocycles. The van der Waals surface area contributed by atoms with Crippen molar-refractivity contribution in [2.45, 2.75) is 45.1 Å². The summed E-state index contributed by atoms with van der Waals surface area (Å²) in [5.41, 5.74) is 0.795. The minimum atomic E-state index is 0.0454. The van der Waals surface area contributed by atoms with Crippen LogP contribution < -0.4 is 5.32 Å². The van der Waals surface area contributed by atoms with Crippen LogP contribution in [0.2, 0.25) is 0 Å². The van der Waals surface area contributed by atoms with Crippen molar-refractivity contribution in [1.82, 2.24) is 19.8 Å². The lowest BCUT2D eigenvalue weighted by atomic mass is 9.85. The zero-order valence-corrected chi connectivity index (χ0v) is 13.2. The van der Waals surface area contributed by atoms with Gasteiger partial charge in [-0.25, -0.2) is 0 Å². The Morgan fingerprint density at radius 2 is 2.24 bits per heavy atom. The number of carbonyl (C=O) groups is 2. The van der Waals surface area contributed by atoms with Crippen LogP contribution in [0.1, 0.15) is 54.4 Å². The third kappa shape index (κ3) is 2.79. The van der Waals surface area contributed by atoms with Crippen molar-refractivity contribution in [3.63, 3.8) is 0 Å². The number of carbonyl (C=O) groups excluding carboxylic acids is 2. The van der Waals surface area contributed by atoms with Gasteiger partial charge in [-0.15, -0.1) is 5.10 Å². The van der Waals surface area contributed by atoms with E-state index < -0.39 is 0 Å². The number of nitrogens with zero attached hydrogens (tertiary/aromatic N) is 3. The van der Waals surface area contributed by atoms with E-state index >= 15 is 0 Å². The molecule has 2 unspecified atom stereocenters. The standard InChI is InChI=1S/C14H20N4O2S/c1-8(2)12-13(21-17-16-12)14(20)18-6-5-10-9(7-18)3-4-11(19)15-10/h8-10H,3-7H2,1-2H3,(H,15,19). The fourth-order valence-corrected chi connectivity index (χ4v) is 3.95. The maximum atomic E-state index is 12.7. The molecule has 0 radical (unpaired) electrons. The molecule has 6 nitrogen and oxygen atoms in total. The SMILES string of the molecule is CC(C)c1nnsc1C(=O)N1CCC2NC(=O)CCC2C1. The number of hydrogen-bond donors (Lipinski definition) is 1. The first kappa shape index (κ1) is 14.4. The highest BCUT2D eigenvalue weighted by atomic mass is 32.1. The third-order valence-corrected chi connectivity index (χ3v) is 5.09. The molecule has 114 valence electrons. The van der Waals surface area contributed by atoms with E-state index in [0.717, 1.165) is 25.1 Å². The molecule has 0 spiro atoms. The van der Waals surface area contributed by atoms with Crippen molar-refractivity contribution < 1.29 is 9.59 Å². The average Bonchev–Trinajstić information content (AvgIpc) is 2.95. The maximum Gasteiger partial charge on any atom is 0.267 e. The summed E-state index contributed by atoms with van der Waals surface area (Å²) in [6.07, 6.45) is 2.28. The summed E-state index contributed by atoms with van der Waals surface area (Å²) in [4.78, 5) is 26.7. The molecule has 2 aliphatic rings. The van der Waals surface area contributed by atoms with Crippen LogP contribution in [0.5, 0.6) is 0 Å². The second-order valence-electron chi connectivity index (χ2n) is 6.15. The Balaban J connectivity index is 1.72. The largest absolute Gasteiger partial charge is 0.353 e. The number of piperidine rings is 2. The van der Waals surface area contributed by atoms with E-state index in [4.69, 9.17) is 0 Å². The van der Waals surface area contributed by atoms with Crippen molar-refractivity contribution in [2.75, 3.05) is 13.1 Å². The Hall–Kier alpha value is -1.50. The number of hydrogen-bond acceptors (Lipinski definition) is 5. The molecule has 0 aliphatic carbocycles. The number of rotatable bonds is 2. The highest BCUT2D eigenvalue weighted by molar-refractivity contribution is 7.08. The van der Waals surface area contributed by atoms with Gasteiger partial charge in [-0.2, -0.15) is 0 Å². The highest BCUT2D eigenvalue weighted by Crippen LogP contribution is 2.28. The first-order valence-corrected chi connectivity index (χ1v) is 8.24. The summed E-state index contributed by atoms with van der Waals surface area (Å²) < 4.78 is 3.94. The molecule has 1 aromatic rings. The van der Waals surface area contributed by atoms with E-state index in [1.54, 1.807) is 0 Å². The number of likely N-dealkylation sites (tertiary alicyclic amines) is 1. The van der Waals surface area contributed by atoms with Gasteiger partial charge >= 0.3 is 0 Å². The van der Waals surface area contributed by atoms with E-state index in [0.29, 0.717) is 23.8 Å². The van der Waals surface area contributed by atoms with Gasteiger partial charge in [0.05, 0.1) is 5.69 Å². The Morgan fingerprint density at radius 3 is 3.00 bits per heavy atom. The van der Waals surface area contributed by atoms with Crippen LogP contribution in [0.3, 0.4) is 0 Å². The molecule has 2 amide bonds. The van der Waals surface area contributed by atoms with Gasteiger partial charge in [0.1, 0.15) is 4.88 Å². The molecular weight excluding hydrogens is 288 g/mol. The first-order valence-electron chi connectivity index (χ1n) is 7.47. The predicted molar refractivity (Wildman–Crippen MR) is 79.2 cm³/mol. The molecule has 7 heteroatoms. The van der Waals surface area contributed by atoms with Crippen molar-refractivity contribution in [2.24, 2.45) is 5.92 Å². The number of amides is 2. The van der Waals surface area contributed by atoms with Crippen molar-refractivity contribution >= 4 is 23.3 Å². The summed E-state index contributed by atoms with van der Waals surface area (Å²) in [6.45, 7) is 5.46. The molecule has 3 heterocycles. The van der Waals surface area contributed by atoms with E-state index in [-0.39, 0.29) is 23.8 Å². The smallest absolute Gasteiger partial charge is 0.267 e. The number of nitrogens with one attached hydrogen (secondary N) is 1. The molecule has 2 atom stereocenters. The molecule has 0 bridgehead atoms. The van der Waals surface area contributed by atoms with Crippen molar-refractivity contribution in [3.05, 3.63) is 10.6 Å². The van der Waals surface area contributed by atoms with Crippen LogP contribution in [0.4, 0.5) is 0 Å². The first-order chi connectivity index (χ1) is 10.1. The van der Waals surface area contributed by atoms with Crippen molar-refractivity contribution in [3.8, 4) is 0 Å². The lowest BCUT2D eigenvalue weighted by Gasteiger charge is -2.41. The van der Waals surface area contributed by atoms with Gasteiger partial charge in [-0.05, 0) is 36.2 Å². The topological polar surface area (TPSA) is 75.2 Å². The van der Waals surface area contributed by atoms with Gasteiger partial charge < -0.3 is 10.2 Å². The number of aromatic nitrogens is 2. The van der Waals surface area contributed by atoms with Crippen molar-refractivity contribution in [1.29, 1.82) is 0 Å². The summed E-state index contributed by atoms with van der Waals surface area (Å²) in [6, 6.07) is 0.236. The summed E-state index contributed by atoms with van der Waals surface area (Å²) in [7, 11) is 0. The van der Waals surface area contributed by atoms with Gasteiger partial charge in [0.2, 0.25) is 5.91 Å². The molecule has 1 aromatic heterocycles. The minimum Gasteiger partial charge on any atom is -0.353 e. The van der Waals surface area contributed by atoms with Gasteiger partial charge in [0.15, 0.2) is 0 Å². The Bertz CT molecular complexity index is 557. The maximum absolute atomic E-state index is 12.7. The summed E-state index contributed by atoms with van der Waals surface area (Å²) >= 11 is 1.19. The second kappa shape index (κ2) is 5.71. The van der Waals surface area contributed by atoms with E-state index in [1.165, 1.54) is 11.5 Å². The third-order valence-electron chi connectivity index (χ3n) is 4.36. The Kier molecular flexibility index (Phi) is 3.93. The fourth-order valence-electron chi connectivity index (χ4n) is 3.16. The average molecular weight is 308 g/mol. The number of fused-ring (bicyclic) bond motifs is 1. The molecule has 2 saturated heterocycles. The zero-order valence-electron chi connectivity index (χ0n) is 12.3. The Morgan fingerprint density at radius 1 is 1.43 bits per heavy atom. The van der Waals surface area contributed by atoms with Crippen LogP contribution in [-0.4, -0.2) is 45.4 Å². The zero-order chi connectivity index (χ0) is 15.0. The lowest BCUT2D eigenvalue weighted by molar-refractivity contribution is -0.125. The summed E-state index contributed by atoms with van der Waals surface area (Å²) in [5, 5.41) is 7.13. The molecule has 0 saturated carbocycles. The monoisotopic (exact) mass is 308 g/mol. The predicted octanol–water partition coefficient (Wildman–Crippen LogP) is 1.40. The molecule has 21 heavy (non-hydrogen) atoms. The Labute approximate surface area is 128 Å². The molecule has 3 rings (SSSR count). The quantitative estimate of drug-likeness (QED) is 0.896. The van der Waals surface area contributed by atoms with Gasteiger partial charge in [-0.1, -0.05) is 18.3 Å². The van der Waals surface area contributed by atoms with E-state index in [2.05, 4.69) is 14.9 Å². The van der Waals surface area contributed by atoms with Crippen LogP contribution in [0, 0.1) is 5.92 Å². The molecule has 1 N–H and O–H groups in total. The molecular formula is C14H20N4O2S. The molecule has 0 aromatic carbocycles. The van der Waals surface area contributed by atoms with Gasteiger partial charge in [-0.3, -0.25) is 9.59 Å². The van der Waals surface area contributed by atoms with Crippen LogP contribution >= 0.6 is 11.5 Å². The van der Waals surface area contributed by atoms with E-state index in [9.17, 15) is 9.59 Å². The normalized spacial score (nSPS) is 25.7. The molecule has 2 fully saturated rings.